The van der Waals surface area contributed by atoms with Gasteiger partial charge in [0.25, 0.3) is 15.9 Å². The fraction of sp³-hybridized carbons (Fsp3) is 0.611. The van der Waals surface area contributed by atoms with Crippen molar-refractivity contribution in [2.75, 3.05) is 0 Å². The third-order valence-corrected chi connectivity index (χ3v) is 7.40. The molecule has 1 amide bonds. The fourth-order valence-electron chi connectivity index (χ4n) is 2.88. The summed E-state index contributed by atoms with van der Waals surface area (Å²) in [6.45, 7) is -1.53. The van der Waals surface area contributed by atoms with Gasteiger partial charge in [-0.2, -0.15) is 78.9 Å². The lowest BCUT2D eigenvalue weighted by Crippen LogP contribution is -2.75. The monoisotopic (exact) mass is 676 g/mol. The first-order chi connectivity index (χ1) is 18.4. The second-order valence-electron chi connectivity index (χ2n) is 8.15. The van der Waals surface area contributed by atoms with Crippen LogP contribution in [0.5, 0.6) is 0 Å². The number of rotatable bonds is 12. The van der Waals surface area contributed by atoms with E-state index in [0.717, 1.165) is 30.3 Å². The van der Waals surface area contributed by atoms with Crippen molar-refractivity contribution in [3.8, 4) is 0 Å². The van der Waals surface area contributed by atoms with E-state index in [1.54, 1.807) is 0 Å². The van der Waals surface area contributed by atoms with E-state index in [4.69, 9.17) is 5.21 Å². The summed E-state index contributed by atoms with van der Waals surface area (Å²) in [5.74, 6) is -54.6. The second kappa shape index (κ2) is 10.8. The van der Waals surface area contributed by atoms with Crippen LogP contribution in [0.2, 0.25) is 0 Å². The molecule has 0 unspecified atom stereocenters. The first-order valence-corrected chi connectivity index (χ1v) is 11.5. The molecule has 42 heavy (non-hydrogen) atoms. The number of amides is 1. The molecule has 0 saturated carbocycles. The number of benzene rings is 1. The van der Waals surface area contributed by atoms with Gasteiger partial charge in [0.2, 0.25) is 0 Å². The van der Waals surface area contributed by atoms with Crippen LogP contribution in [-0.2, 0) is 21.4 Å². The molecular weight excluding hydrogens is 663 g/mol. The minimum Gasteiger partial charge on any atom is -0.289 e. The molecule has 1 atom stereocenters. The Morgan fingerprint density at radius 3 is 1.43 bits per heavy atom. The Morgan fingerprint density at radius 1 is 0.714 bits per heavy atom. The van der Waals surface area contributed by atoms with Crippen molar-refractivity contribution in [2.45, 2.75) is 66.5 Å². The SMILES string of the molecule is C[C@@H](C(=O)NO)N(Cc1ccccc1)S(=O)(=O)C(F)(F)C(F)(F)C(F)(F)C(F)(F)C(F)(F)C(F)(F)C(F)(F)C(F)(F)F. The zero-order valence-corrected chi connectivity index (χ0v) is 20.4. The van der Waals surface area contributed by atoms with Gasteiger partial charge in [0, 0.05) is 6.54 Å². The third-order valence-electron chi connectivity index (χ3n) is 5.43. The Morgan fingerprint density at radius 2 is 1.07 bits per heavy atom. The van der Waals surface area contributed by atoms with Crippen molar-refractivity contribution in [1.29, 1.82) is 0 Å². The van der Waals surface area contributed by atoms with Crippen molar-refractivity contribution in [3.63, 3.8) is 0 Å². The number of sulfonamides is 1. The highest BCUT2D eigenvalue weighted by Crippen LogP contribution is 2.64. The van der Waals surface area contributed by atoms with E-state index in [1.165, 1.54) is 0 Å². The van der Waals surface area contributed by atoms with Gasteiger partial charge in [-0.25, -0.2) is 13.9 Å². The highest BCUT2D eigenvalue weighted by atomic mass is 32.2. The largest absolute Gasteiger partial charge is 0.460 e. The molecule has 24 heteroatoms. The number of hydrogen-bond acceptors (Lipinski definition) is 4. The smallest absolute Gasteiger partial charge is 0.289 e. The van der Waals surface area contributed by atoms with Gasteiger partial charge in [0.15, 0.2) is 0 Å². The molecule has 0 aromatic heterocycles. The number of nitrogens with zero attached hydrogens (tertiary/aromatic N) is 1. The normalized spacial score (nSPS) is 16.0. The summed E-state index contributed by atoms with van der Waals surface area (Å²) >= 11 is 0. The van der Waals surface area contributed by atoms with Crippen LogP contribution >= 0.6 is 0 Å². The topological polar surface area (TPSA) is 86.7 Å². The highest BCUT2D eigenvalue weighted by Gasteiger charge is 2.96. The van der Waals surface area contributed by atoms with E-state index < -0.39 is 85.4 Å². The van der Waals surface area contributed by atoms with E-state index in [0.29, 0.717) is 5.48 Å². The van der Waals surface area contributed by atoms with Crippen LogP contribution in [-0.4, -0.2) is 76.8 Å². The van der Waals surface area contributed by atoms with Gasteiger partial charge in [-0.3, -0.25) is 10.0 Å². The molecule has 1 rings (SSSR count). The van der Waals surface area contributed by atoms with Crippen LogP contribution in [0.1, 0.15) is 12.5 Å². The van der Waals surface area contributed by atoms with Crippen LogP contribution < -0.4 is 5.48 Å². The zero-order valence-electron chi connectivity index (χ0n) is 19.6. The van der Waals surface area contributed by atoms with Crippen molar-refractivity contribution in [1.82, 2.24) is 9.79 Å². The van der Waals surface area contributed by atoms with E-state index in [-0.39, 0.29) is 6.92 Å². The number of hydrogen-bond donors (Lipinski definition) is 2. The molecular formula is C18H13F17N2O4S. The van der Waals surface area contributed by atoms with Gasteiger partial charge >= 0.3 is 47.0 Å². The molecule has 0 saturated heterocycles. The van der Waals surface area contributed by atoms with Crippen LogP contribution in [0.4, 0.5) is 74.6 Å². The molecule has 1 aromatic carbocycles. The molecule has 0 aliphatic rings. The van der Waals surface area contributed by atoms with Crippen molar-refractivity contribution in [2.24, 2.45) is 0 Å². The highest BCUT2D eigenvalue weighted by molar-refractivity contribution is 7.90. The molecule has 244 valence electrons. The quantitative estimate of drug-likeness (QED) is 0.170. The molecule has 0 radical (unpaired) electrons. The van der Waals surface area contributed by atoms with Crippen molar-refractivity contribution >= 4 is 15.9 Å². The van der Waals surface area contributed by atoms with Crippen LogP contribution in [0.15, 0.2) is 30.3 Å². The minimum atomic E-state index is -8.99. The fourth-order valence-corrected chi connectivity index (χ4v) is 4.45. The second-order valence-corrected chi connectivity index (χ2v) is 10.1. The van der Waals surface area contributed by atoms with E-state index in [9.17, 15) is 87.8 Å². The Balaban J connectivity index is 3.89. The predicted octanol–water partition coefficient (Wildman–Crippen LogP) is 5.68. The minimum absolute atomic E-state index is 0.195. The Hall–Kier alpha value is -2.63. The summed E-state index contributed by atoms with van der Waals surface area (Å²) in [5.41, 5.74) is 0.0597. The molecule has 0 aliphatic carbocycles. The van der Waals surface area contributed by atoms with Gasteiger partial charge < -0.3 is 0 Å². The first kappa shape index (κ1) is 37.4. The molecule has 0 aliphatic heterocycles. The van der Waals surface area contributed by atoms with Gasteiger partial charge in [-0.05, 0) is 12.5 Å². The van der Waals surface area contributed by atoms with E-state index in [2.05, 4.69) is 0 Å². The predicted molar refractivity (Wildman–Crippen MR) is 101 cm³/mol. The average molecular weight is 676 g/mol. The van der Waals surface area contributed by atoms with Gasteiger partial charge in [0.1, 0.15) is 6.04 Å². The average Bonchev–Trinajstić information content (AvgIpc) is 2.85. The summed E-state index contributed by atoms with van der Waals surface area (Å²) in [7, 11) is -7.78. The van der Waals surface area contributed by atoms with E-state index in [1.807, 2.05) is 0 Å². The Bertz CT molecular complexity index is 1240. The molecule has 0 spiro atoms. The molecule has 1 aromatic rings. The number of halogens is 17. The van der Waals surface area contributed by atoms with Gasteiger partial charge in [-0.15, -0.1) is 0 Å². The first-order valence-electron chi connectivity index (χ1n) is 10.1. The van der Waals surface area contributed by atoms with Crippen LogP contribution in [0.3, 0.4) is 0 Å². The summed E-state index contributed by atoms with van der Waals surface area (Å²) in [6, 6.07) is 1.90. The molecule has 6 nitrogen and oxygen atoms in total. The van der Waals surface area contributed by atoms with Gasteiger partial charge in [-0.1, -0.05) is 30.3 Å². The lowest BCUT2D eigenvalue weighted by atomic mass is 9.91. The summed E-state index contributed by atoms with van der Waals surface area (Å²) in [6.07, 6.45) is -7.94. The lowest BCUT2D eigenvalue weighted by Gasteiger charge is -2.43. The summed E-state index contributed by atoms with van der Waals surface area (Å²) in [5, 5.41) is 0.744. The number of carbonyl (C=O) groups is 1. The molecule has 0 heterocycles. The summed E-state index contributed by atoms with van der Waals surface area (Å²) in [4.78, 5) is 11.6. The zero-order chi connectivity index (χ0) is 33.8. The van der Waals surface area contributed by atoms with Crippen molar-refractivity contribution in [3.05, 3.63) is 35.9 Å². The Kier molecular flexibility index (Phi) is 9.63. The van der Waals surface area contributed by atoms with Crippen molar-refractivity contribution < 1.29 is 93.1 Å². The maximum atomic E-state index is 14.6. The van der Waals surface area contributed by atoms with Crippen LogP contribution in [0, 0.1) is 0 Å². The summed E-state index contributed by atoms with van der Waals surface area (Å²) < 4.78 is 254. The number of nitrogens with one attached hydrogen (secondary N) is 1. The standard InChI is InChI=1S/C18H13F17N2O4S/c1-8(10(38)36-39)37(7-9-5-3-2-4-6-9)42(40,41)18(34,35)16(29,30)14(25,26)12(21,22)11(19,20)13(23,24)15(27,28)17(31,32)33/h2-6,8,39H,7H2,1H3,(H,36,38)/t8-/m0/s1. The number of alkyl halides is 17. The Labute approximate surface area is 222 Å². The maximum absolute atomic E-state index is 14.6. The third kappa shape index (κ3) is 5.21. The molecule has 0 bridgehead atoms. The maximum Gasteiger partial charge on any atom is 0.460 e. The number of carbonyl (C=O) groups excluding carboxylic acids is 1. The van der Waals surface area contributed by atoms with Crippen LogP contribution in [0.25, 0.3) is 0 Å². The van der Waals surface area contributed by atoms with E-state index >= 15 is 0 Å². The van der Waals surface area contributed by atoms with Gasteiger partial charge in [0.05, 0.1) is 0 Å². The molecule has 0 fully saturated rings. The molecule has 2 N–H and O–H groups in total. The number of hydroxylamine groups is 1. The lowest BCUT2D eigenvalue weighted by molar-refractivity contribution is -0.458.